The first-order valence-electron chi connectivity index (χ1n) is 7.26. The monoisotopic (exact) mass is 369 g/mol. The molecule has 1 unspecified atom stereocenters. The lowest BCUT2D eigenvalue weighted by molar-refractivity contribution is -0.121. The summed E-state index contributed by atoms with van der Waals surface area (Å²) in [4.78, 5) is 11.8. The van der Waals surface area contributed by atoms with Crippen molar-refractivity contribution in [1.29, 1.82) is 0 Å². The van der Waals surface area contributed by atoms with Crippen LogP contribution in [0.15, 0.2) is 42.5 Å². The lowest BCUT2D eigenvalue weighted by Crippen LogP contribution is -2.36. The Morgan fingerprint density at radius 2 is 1.92 bits per heavy atom. The van der Waals surface area contributed by atoms with Gasteiger partial charge in [-0.2, -0.15) is 0 Å². The summed E-state index contributed by atoms with van der Waals surface area (Å²) in [6.45, 7) is -0.0262. The van der Waals surface area contributed by atoms with E-state index in [9.17, 15) is 15.0 Å². The molecule has 0 aliphatic rings. The van der Waals surface area contributed by atoms with E-state index in [4.69, 9.17) is 27.9 Å². The molecule has 5 nitrogen and oxygen atoms in total. The number of aromatic hydroxyl groups is 1. The predicted molar refractivity (Wildman–Crippen MR) is 92.8 cm³/mol. The highest BCUT2D eigenvalue weighted by Crippen LogP contribution is 2.31. The molecule has 0 aliphatic heterocycles. The quantitative estimate of drug-likeness (QED) is 0.700. The van der Waals surface area contributed by atoms with Gasteiger partial charge in [-0.1, -0.05) is 47.5 Å². The number of para-hydroxylation sites is 1. The van der Waals surface area contributed by atoms with Crippen LogP contribution in [0.3, 0.4) is 0 Å². The third kappa shape index (κ3) is 5.30. The molecule has 0 saturated heterocycles. The van der Waals surface area contributed by atoms with E-state index in [1.165, 1.54) is 6.07 Å². The van der Waals surface area contributed by atoms with Crippen molar-refractivity contribution in [2.75, 3.05) is 13.2 Å². The third-order valence-electron chi connectivity index (χ3n) is 3.22. The average molecular weight is 370 g/mol. The fourth-order valence-corrected chi connectivity index (χ4v) is 2.31. The van der Waals surface area contributed by atoms with Crippen molar-refractivity contribution in [3.8, 4) is 11.5 Å². The Morgan fingerprint density at radius 1 is 1.17 bits per heavy atom. The number of aliphatic hydroxyl groups is 1. The number of hydrogen-bond donors (Lipinski definition) is 3. The van der Waals surface area contributed by atoms with Gasteiger partial charge in [-0.05, 0) is 18.2 Å². The van der Waals surface area contributed by atoms with E-state index in [1.807, 2.05) is 0 Å². The standard InChI is InChI=1S/C17H17Cl2NO4/c18-13-5-3-7-15(17(13)19)24-10-12(21)9-20-16(23)8-11-4-1-2-6-14(11)22/h1-7,12,21-22H,8-10H2,(H,20,23). The number of halogens is 2. The summed E-state index contributed by atoms with van der Waals surface area (Å²) >= 11 is 11.8. The molecule has 0 fully saturated rings. The van der Waals surface area contributed by atoms with E-state index in [1.54, 1.807) is 36.4 Å². The summed E-state index contributed by atoms with van der Waals surface area (Å²) < 4.78 is 5.39. The molecule has 0 radical (unpaired) electrons. The number of aliphatic hydroxyl groups excluding tert-OH is 1. The molecule has 0 saturated carbocycles. The molecule has 2 aromatic carbocycles. The van der Waals surface area contributed by atoms with Crippen LogP contribution in [0.4, 0.5) is 0 Å². The number of amides is 1. The summed E-state index contributed by atoms with van der Waals surface area (Å²) in [5.41, 5.74) is 0.520. The van der Waals surface area contributed by atoms with Crippen LogP contribution in [0.2, 0.25) is 10.0 Å². The molecular formula is C17H17Cl2NO4. The molecule has 128 valence electrons. The number of phenols is 1. The van der Waals surface area contributed by atoms with Gasteiger partial charge in [-0.3, -0.25) is 4.79 Å². The molecular weight excluding hydrogens is 353 g/mol. The lowest BCUT2D eigenvalue weighted by atomic mass is 10.1. The maximum absolute atomic E-state index is 11.8. The van der Waals surface area contributed by atoms with E-state index in [-0.39, 0.29) is 36.3 Å². The summed E-state index contributed by atoms with van der Waals surface area (Å²) in [7, 11) is 0. The summed E-state index contributed by atoms with van der Waals surface area (Å²) in [5, 5.41) is 22.7. The number of benzene rings is 2. The van der Waals surface area contributed by atoms with Crippen molar-refractivity contribution in [3.63, 3.8) is 0 Å². The second-order valence-electron chi connectivity index (χ2n) is 5.13. The minimum Gasteiger partial charge on any atom is -0.508 e. The number of rotatable bonds is 7. The van der Waals surface area contributed by atoms with Crippen LogP contribution in [0.25, 0.3) is 0 Å². The molecule has 1 atom stereocenters. The molecule has 1 amide bonds. The number of carbonyl (C=O) groups excluding carboxylic acids is 1. The summed E-state index contributed by atoms with van der Waals surface area (Å²) in [5.74, 6) is 0.118. The number of hydrogen-bond acceptors (Lipinski definition) is 4. The van der Waals surface area contributed by atoms with Crippen molar-refractivity contribution in [2.45, 2.75) is 12.5 Å². The van der Waals surface area contributed by atoms with Gasteiger partial charge in [0.15, 0.2) is 0 Å². The van der Waals surface area contributed by atoms with Crippen LogP contribution in [0, 0.1) is 0 Å². The Hall–Kier alpha value is -1.95. The van der Waals surface area contributed by atoms with Gasteiger partial charge in [-0.15, -0.1) is 0 Å². The summed E-state index contributed by atoms with van der Waals surface area (Å²) in [6.07, 6.45) is -0.881. The van der Waals surface area contributed by atoms with E-state index < -0.39 is 6.10 Å². The topological polar surface area (TPSA) is 78.8 Å². The van der Waals surface area contributed by atoms with Crippen LogP contribution in [0.1, 0.15) is 5.56 Å². The van der Waals surface area contributed by atoms with Crippen molar-refractivity contribution in [1.82, 2.24) is 5.32 Å². The highest BCUT2D eigenvalue weighted by molar-refractivity contribution is 6.42. The largest absolute Gasteiger partial charge is 0.508 e. The van der Waals surface area contributed by atoms with Crippen molar-refractivity contribution in [2.24, 2.45) is 0 Å². The molecule has 0 aliphatic carbocycles. The third-order valence-corrected chi connectivity index (χ3v) is 4.03. The average Bonchev–Trinajstić information content (AvgIpc) is 2.56. The van der Waals surface area contributed by atoms with E-state index in [0.717, 1.165) is 0 Å². The molecule has 2 aromatic rings. The second kappa shape index (κ2) is 8.78. The molecule has 3 N–H and O–H groups in total. The second-order valence-corrected chi connectivity index (χ2v) is 5.91. The number of ether oxygens (including phenoxy) is 1. The summed E-state index contributed by atoms with van der Waals surface area (Å²) in [6, 6.07) is 11.5. The SMILES string of the molecule is O=C(Cc1ccccc1O)NCC(O)COc1cccc(Cl)c1Cl. The van der Waals surface area contributed by atoms with E-state index in [0.29, 0.717) is 16.3 Å². The fraction of sp³-hybridized carbons (Fsp3) is 0.235. The number of phenolic OH excluding ortho intramolecular Hbond substituents is 1. The molecule has 7 heteroatoms. The Kier molecular flexibility index (Phi) is 6.73. The predicted octanol–water partition coefficient (Wildman–Crippen LogP) is 2.80. The minimum absolute atomic E-state index is 0.0185. The molecule has 0 spiro atoms. The first kappa shape index (κ1) is 18.4. The van der Waals surface area contributed by atoms with Crippen molar-refractivity contribution in [3.05, 3.63) is 58.1 Å². The van der Waals surface area contributed by atoms with E-state index >= 15 is 0 Å². The first-order valence-corrected chi connectivity index (χ1v) is 8.01. The Bertz CT molecular complexity index is 709. The zero-order valence-corrected chi connectivity index (χ0v) is 14.2. The van der Waals surface area contributed by atoms with Gasteiger partial charge in [0.1, 0.15) is 29.2 Å². The first-order chi connectivity index (χ1) is 11.5. The van der Waals surface area contributed by atoms with Gasteiger partial charge in [-0.25, -0.2) is 0 Å². The van der Waals surface area contributed by atoms with Gasteiger partial charge in [0.05, 0.1) is 11.4 Å². The molecule has 0 bridgehead atoms. The lowest BCUT2D eigenvalue weighted by Gasteiger charge is -2.14. The fourth-order valence-electron chi connectivity index (χ4n) is 1.97. The number of carbonyl (C=O) groups is 1. The Morgan fingerprint density at radius 3 is 2.67 bits per heavy atom. The van der Waals surface area contributed by atoms with Crippen LogP contribution in [-0.2, 0) is 11.2 Å². The van der Waals surface area contributed by atoms with Gasteiger partial charge in [0.2, 0.25) is 5.91 Å². The van der Waals surface area contributed by atoms with Crippen LogP contribution in [0.5, 0.6) is 11.5 Å². The zero-order chi connectivity index (χ0) is 17.5. The maximum Gasteiger partial charge on any atom is 0.224 e. The Labute approximate surface area is 149 Å². The van der Waals surface area contributed by atoms with Gasteiger partial charge >= 0.3 is 0 Å². The number of nitrogens with one attached hydrogen (secondary N) is 1. The minimum atomic E-state index is -0.909. The van der Waals surface area contributed by atoms with Crippen molar-refractivity contribution < 1.29 is 19.7 Å². The smallest absolute Gasteiger partial charge is 0.224 e. The van der Waals surface area contributed by atoms with Crippen LogP contribution >= 0.6 is 23.2 Å². The molecule has 0 heterocycles. The maximum atomic E-state index is 11.8. The van der Waals surface area contributed by atoms with Crippen molar-refractivity contribution >= 4 is 29.1 Å². The highest BCUT2D eigenvalue weighted by Gasteiger charge is 2.12. The van der Waals surface area contributed by atoms with Gasteiger partial charge in [0.25, 0.3) is 0 Å². The zero-order valence-electron chi connectivity index (χ0n) is 12.7. The van der Waals surface area contributed by atoms with Gasteiger partial charge < -0.3 is 20.3 Å². The van der Waals surface area contributed by atoms with Crippen LogP contribution < -0.4 is 10.1 Å². The van der Waals surface area contributed by atoms with Gasteiger partial charge in [0, 0.05) is 12.1 Å². The molecule has 24 heavy (non-hydrogen) atoms. The highest BCUT2D eigenvalue weighted by atomic mass is 35.5. The normalized spacial score (nSPS) is 11.8. The molecule has 0 aromatic heterocycles. The van der Waals surface area contributed by atoms with Crippen LogP contribution in [-0.4, -0.2) is 35.4 Å². The Balaban J connectivity index is 1.76. The van der Waals surface area contributed by atoms with E-state index in [2.05, 4.69) is 5.32 Å². The molecule has 2 rings (SSSR count).